The van der Waals surface area contributed by atoms with Gasteiger partial charge in [-0.05, 0) is 18.9 Å². The monoisotopic (exact) mass is 155 g/mol. The molecule has 2 aliphatic rings. The van der Waals surface area contributed by atoms with E-state index in [1.165, 1.54) is 13.0 Å². The number of rotatable bonds is 0. The summed E-state index contributed by atoms with van der Waals surface area (Å²) < 4.78 is 5.56. The SMILES string of the molecule is CC1(C)COCC2CCNC21. The molecule has 2 heteroatoms. The van der Waals surface area contributed by atoms with Gasteiger partial charge in [-0.25, -0.2) is 0 Å². The normalized spacial score (nSPS) is 42.0. The van der Waals surface area contributed by atoms with E-state index in [0.29, 0.717) is 11.5 Å². The van der Waals surface area contributed by atoms with Crippen molar-refractivity contribution in [3.8, 4) is 0 Å². The third-order valence-electron chi connectivity index (χ3n) is 3.00. The minimum atomic E-state index is 0.347. The van der Waals surface area contributed by atoms with Gasteiger partial charge in [0.15, 0.2) is 0 Å². The summed E-state index contributed by atoms with van der Waals surface area (Å²) in [6, 6.07) is 0.705. The van der Waals surface area contributed by atoms with Crippen molar-refractivity contribution in [2.45, 2.75) is 26.3 Å². The van der Waals surface area contributed by atoms with Crippen molar-refractivity contribution in [1.29, 1.82) is 0 Å². The van der Waals surface area contributed by atoms with Crippen LogP contribution in [-0.4, -0.2) is 25.8 Å². The van der Waals surface area contributed by atoms with Gasteiger partial charge in [-0.2, -0.15) is 0 Å². The molecule has 0 aromatic carbocycles. The molecule has 0 aliphatic carbocycles. The van der Waals surface area contributed by atoms with Crippen LogP contribution in [0.2, 0.25) is 0 Å². The van der Waals surface area contributed by atoms with Crippen LogP contribution in [0.1, 0.15) is 20.3 Å². The smallest absolute Gasteiger partial charge is 0.0532 e. The van der Waals surface area contributed by atoms with Gasteiger partial charge in [-0.3, -0.25) is 0 Å². The summed E-state index contributed by atoms with van der Waals surface area (Å²) in [6.07, 6.45) is 1.30. The van der Waals surface area contributed by atoms with E-state index in [2.05, 4.69) is 19.2 Å². The molecule has 2 nitrogen and oxygen atoms in total. The van der Waals surface area contributed by atoms with E-state index in [9.17, 15) is 0 Å². The fourth-order valence-corrected chi connectivity index (χ4v) is 2.41. The first-order valence-electron chi connectivity index (χ1n) is 4.51. The van der Waals surface area contributed by atoms with Gasteiger partial charge in [0.05, 0.1) is 13.2 Å². The molecule has 0 bridgehead atoms. The Labute approximate surface area is 68.3 Å². The van der Waals surface area contributed by atoms with Crippen molar-refractivity contribution >= 4 is 0 Å². The summed E-state index contributed by atoms with van der Waals surface area (Å²) in [5.41, 5.74) is 0.347. The molecule has 1 N–H and O–H groups in total. The van der Waals surface area contributed by atoms with E-state index >= 15 is 0 Å². The van der Waals surface area contributed by atoms with Crippen LogP contribution in [0.4, 0.5) is 0 Å². The fraction of sp³-hybridized carbons (Fsp3) is 1.00. The molecular weight excluding hydrogens is 138 g/mol. The van der Waals surface area contributed by atoms with Crippen molar-refractivity contribution < 1.29 is 4.74 Å². The van der Waals surface area contributed by atoms with E-state index in [1.807, 2.05) is 0 Å². The molecule has 64 valence electrons. The second-order valence-corrected chi connectivity index (χ2v) is 4.48. The zero-order valence-corrected chi connectivity index (χ0v) is 7.39. The van der Waals surface area contributed by atoms with Crippen LogP contribution in [0, 0.1) is 11.3 Å². The summed E-state index contributed by atoms with van der Waals surface area (Å²) >= 11 is 0. The summed E-state index contributed by atoms with van der Waals surface area (Å²) in [5.74, 6) is 0.777. The minimum Gasteiger partial charge on any atom is -0.380 e. The number of fused-ring (bicyclic) bond motifs is 1. The first-order valence-corrected chi connectivity index (χ1v) is 4.51. The number of nitrogens with one attached hydrogen (secondary N) is 1. The van der Waals surface area contributed by atoms with E-state index in [1.54, 1.807) is 0 Å². The second kappa shape index (κ2) is 2.46. The quantitative estimate of drug-likeness (QED) is 0.564. The lowest BCUT2D eigenvalue weighted by Crippen LogP contribution is -2.49. The maximum atomic E-state index is 5.56. The Kier molecular flexibility index (Phi) is 1.69. The number of hydrogen-bond donors (Lipinski definition) is 1. The van der Waals surface area contributed by atoms with E-state index in [0.717, 1.165) is 19.1 Å². The molecule has 11 heavy (non-hydrogen) atoms. The van der Waals surface area contributed by atoms with Crippen molar-refractivity contribution in [3.05, 3.63) is 0 Å². The number of hydrogen-bond acceptors (Lipinski definition) is 2. The first-order chi connectivity index (χ1) is 5.20. The van der Waals surface area contributed by atoms with Crippen LogP contribution >= 0.6 is 0 Å². The second-order valence-electron chi connectivity index (χ2n) is 4.48. The standard InChI is InChI=1S/C9H17NO/c1-9(2)6-11-5-7-3-4-10-8(7)9/h7-8,10H,3-6H2,1-2H3. The van der Waals surface area contributed by atoms with Crippen LogP contribution in [0.15, 0.2) is 0 Å². The molecule has 0 aromatic rings. The molecule has 0 spiro atoms. The molecule has 2 atom stereocenters. The Hall–Kier alpha value is -0.0800. The van der Waals surface area contributed by atoms with Gasteiger partial charge in [0, 0.05) is 11.5 Å². The van der Waals surface area contributed by atoms with Gasteiger partial charge in [-0.1, -0.05) is 13.8 Å². The summed E-state index contributed by atoms with van der Waals surface area (Å²) in [5, 5.41) is 3.57. The average molecular weight is 155 g/mol. The Morgan fingerprint density at radius 1 is 1.45 bits per heavy atom. The van der Waals surface area contributed by atoms with Crippen LogP contribution in [0.5, 0.6) is 0 Å². The summed E-state index contributed by atoms with van der Waals surface area (Å²) in [7, 11) is 0. The highest BCUT2D eigenvalue weighted by molar-refractivity contribution is 4.96. The van der Waals surface area contributed by atoms with Gasteiger partial charge in [0.25, 0.3) is 0 Å². The van der Waals surface area contributed by atoms with Gasteiger partial charge in [0.1, 0.15) is 0 Å². The average Bonchev–Trinajstić information content (AvgIpc) is 2.34. The van der Waals surface area contributed by atoms with Crippen molar-refractivity contribution in [2.24, 2.45) is 11.3 Å². The molecule has 2 aliphatic heterocycles. The van der Waals surface area contributed by atoms with Crippen LogP contribution in [0.3, 0.4) is 0 Å². The zero-order valence-electron chi connectivity index (χ0n) is 7.39. The molecule has 0 amide bonds. The lowest BCUT2D eigenvalue weighted by atomic mass is 9.77. The highest BCUT2D eigenvalue weighted by atomic mass is 16.5. The molecular formula is C9H17NO. The maximum Gasteiger partial charge on any atom is 0.0532 e. The van der Waals surface area contributed by atoms with Crippen molar-refractivity contribution in [1.82, 2.24) is 5.32 Å². The van der Waals surface area contributed by atoms with Crippen molar-refractivity contribution in [3.63, 3.8) is 0 Å². The lowest BCUT2D eigenvalue weighted by molar-refractivity contribution is -0.0366. The molecule has 0 aromatic heterocycles. The molecule has 2 fully saturated rings. The van der Waals surface area contributed by atoms with E-state index < -0.39 is 0 Å². The lowest BCUT2D eigenvalue weighted by Gasteiger charge is -2.40. The maximum absolute atomic E-state index is 5.56. The summed E-state index contributed by atoms with van der Waals surface area (Å²) in [6.45, 7) is 7.66. The third-order valence-corrected chi connectivity index (χ3v) is 3.00. The van der Waals surface area contributed by atoms with Gasteiger partial charge >= 0.3 is 0 Å². The Morgan fingerprint density at radius 2 is 2.27 bits per heavy atom. The van der Waals surface area contributed by atoms with E-state index in [-0.39, 0.29) is 0 Å². The van der Waals surface area contributed by atoms with Gasteiger partial charge < -0.3 is 10.1 Å². The highest BCUT2D eigenvalue weighted by Crippen LogP contribution is 2.35. The Balaban J connectivity index is 2.13. The van der Waals surface area contributed by atoms with Crippen LogP contribution in [0.25, 0.3) is 0 Å². The molecule has 2 saturated heterocycles. The van der Waals surface area contributed by atoms with Crippen LogP contribution < -0.4 is 5.32 Å². The summed E-state index contributed by atoms with van der Waals surface area (Å²) in [4.78, 5) is 0. The molecule has 0 saturated carbocycles. The molecule has 0 radical (unpaired) electrons. The predicted molar refractivity (Wildman–Crippen MR) is 44.5 cm³/mol. The minimum absolute atomic E-state index is 0.347. The molecule has 2 rings (SSSR count). The Bertz CT molecular complexity index is 156. The highest BCUT2D eigenvalue weighted by Gasteiger charge is 2.42. The topological polar surface area (TPSA) is 21.3 Å². The molecule has 2 unspecified atom stereocenters. The first kappa shape index (κ1) is 7.56. The molecule has 2 heterocycles. The fourth-order valence-electron chi connectivity index (χ4n) is 2.41. The number of ether oxygens (including phenoxy) is 1. The zero-order chi connectivity index (χ0) is 7.90. The Morgan fingerprint density at radius 3 is 3.00 bits per heavy atom. The third kappa shape index (κ3) is 1.18. The van der Waals surface area contributed by atoms with E-state index in [4.69, 9.17) is 4.74 Å². The van der Waals surface area contributed by atoms with Crippen molar-refractivity contribution in [2.75, 3.05) is 19.8 Å². The van der Waals surface area contributed by atoms with Gasteiger partial charge in [0.2, 0.25) is 0 Å². The largest absolute Gasteiger partial charge is 0.380 e. The van der Waals surface area contributed by atoms with Crippen LogP contribution in [-0.2, 0) is 4.74 Å². The van der Waals surface area contributed by atoms with Gasteiger partial charge in [-0.15, -0.1) is 0 Å². The predicted octanol–water partition coefficient (Wildman–Crippen LogP) is 1.02.